The Morgan fingerprint density at radius 1 is 1.04 bits per heavy atom. The average Bonchev–Trinajstić information content (AvgIpc) is 2.63. The van der Waals surface area contributed by atoms with Crippen LogP contribution in [0.2, 0.25) is 0 Å². The number of hydrogen-bond acceptors (Lipinski definition) is 4. The van der Waals surface area contributed by atoms with Gasteiger partial charge in [-0.05, 0) is 18.1 Å². The molecule has 1 saturated heterocycles. The van der Waals surface area contributed by atoms with Gasteiger partial charge in [-0.3, -0.25) is 19.8 Å². The Morgan fingerprint density at radius 3 is 2.35 bits per heavy atom. The third-order valence-electron chi connectivity index (χ3n) is 4.72. The van der Waals surface area contributed by atoms with Crippen LogP contribution in [0.3, 0.4) is 0 Å². The third-order valence-corrected chi connectivity index (χ3v) is 4.72. The van der Waals surface area contributed by atoms with Gasteiger partial charge in [0.2, 0.25) is 5.91 Å². The minimum Gasteiger partial charge on any atom is -0.340 e. The van der Waals surface area contributed by atoms with Crippen molar-refractivity contribution in [3.8, 4) is 0 Å². The zero-order chi connectivity index (χ0) is 18.5. The third kappa shape index (κ3) is 4.67. The van der Waals surface area contributed by atoms with Crippen LogP contribution in [0.1, 0.15) is 16.7 Å². The molecule has 0 atom stereocenters. The number of hydrogen-bond donors (Lipinski definition) is 0. The summed E-state index contributed by atoms with van der Waals surface area (Å²) in [7, 11) is 0. The van der Waals surface area contributed by atoms with Gasteiger partial charge in [0, 0.05) is 44.9 Å². The second-order valence-electron chi connectivity index (χ2n) is 6.75. The van der Waals surface area contributed by atoms with Crippen LogP contribution in [-0.4, -0.2) is 46.8 Å². The van der Waals surface area contributed by atoms with Gasteiger partial charge in [-0.15, -0.1) is 0 Å². The Bertz CT molecular complexity index is 781. The van der Waals surface area contributed by atoms with E-state index < -0.39 is 4.92 Å². The van der Waals surface area contributed by atoms with E-state index in [1.165, 1.54) is 23.3 Å². The summed E-state index contributed by atoms with van der Waals surface area (Å²) >= 11 is 0. The van der Waals surface area contributed by atoms with Crippen molar-refractivity contribution in [2.75, 3.05) is 26.2 Å². The quantitative estimate of drug-likeness (QED) is 0.612. The molecule has 0 radical (unpaired) electrons. The fourth-order valence-corrected chi connectivity index (χ4v) is 3.25. The molecule has 1 amide bonds. The van der Waals surface area contributed by atoms with Crippen molar-refractivity contribution >= 4 is 11.6 Å². The lowest BCUT2D eigenvalue weighted by Crippen LogP contribution is -2.48. The van der Waals surface area contributed by atoms with Crippen LogP contribution >= 0.6 is 0 Å². The molecule has 136 valence electrons. The van der Waals surface area contributed by atoms with Crippen molar-refractivity contribution in [3.63, 3.8) is 0 Å². The topological polar surface area (TPSA) is 66.7 Å². The fraction of sp³-hybridized carbons (Fsp3) is 0.350. The number of non-ortho nitro benzene ring substituents is 1. The monoisotopic (exact) mass is 353 g/mol. The number of benzene rings is 2. The number of piperazine rings is 1. The maximum Gasteiger partial charge on any atom is 0.269 e. The molecule has 2 aromatic rings. The van der Waals surface area contributed by atoms with Crippen LogP contribution in [0, 0.1) is 17.0 Å². The summed E-state index contributed by atoms with van der Waals surface area (Å²) in [5.41, 5.74) is 3.42. The second kappa shape index (κ2) is 8.10. The van der Waals surface area contributed by atoms with Gasteiger partial charge in [-0.25, -0.2) is 0 Å². The number of carbonyl (C=O) groups is 1. The smallest absolute Gasteiger partial charge is 0.269 e. The number of aryl methyl sites for hydroxylation is 1. The highest BCUT2D eigenvalue weighted by atomic mass is 16.6. The first-order valence-corrected chi connectivity index (χ1v) is 8.80. The highest BCUT2D eigenvalue weighted by Crippen LogP contribution is 2.14. The zero-order valence-electron chi connectivity index (χ0n) is 14.9. The van der Waals surface area contributed by atoms with E-state index in [0.29, 0.717) is 0 Å². The lowest BCUT2D eigenvalue weighted by atomic mass is 10.1. The Labute approximate surface area is 153 Å². The van der Waals surface area contributed by atoms with Crippen LogP contribution in [0.5, 0.6) is 0 Å². The molecule has 1 fully saturated rings. The highest BCUT2D eigenvalue weighted by Gasteiger charge is 2.21. The molecule has 0 aliphatic carbocycles. The Kier molecular flexibility index (Phi) is 5.63. The number of nitrogens with zero attached hydrogens (tertiary/aromatic N) is 3. The summed E-state index contributed by atoms with van der Waals surface area (Å²) in [6.45, 7) is 6.17. The number of carbonyl (C=O) groups excluding carboxylic acids is 1. The van der Waals surface area contributed by atoms with Crippen LogP contribution in [-0.2, 0) is 17.8 Å². The van der Waals surface area contributed by atoms with Gasteiger partial charge in [0.05, 0.1) is 11.3 Å². The molecule has 0 aromatic heterocycles. The number of amides is 1. The summed E-state index contributed by atoms with van der Waals surface area (Å²) in [5.74, 6) is 0.0778. The molecule has 0 N–H and O–H groups in total. The Balaban J connectivity index is 1.49. The van der Waals surface area contributed by atoms with Crippen molar-refractivity contribution in [1.82, 2.24) is 9.80 Å². The van der Waals surface area contributed by atoms with E-state index in [1.807, 2.05) is 4.90 Å². The predicted octanol–water partition coefficient (Wildman–Crippen LogP) is 2.79. The maximum atomic E-state index is 12.5. The number of nitro benzene ring substituents is 1. The fourth-order valence-electron chi connectivity index (χ4n) is 3.25. The number of nitro groups is 1. The molecule has 1 aliphatic heterocycles. The second-order valence-corrected chi connectivity index (χ2v) is 6.75. The van der Waals surface area contributed by atoms with Crippen LogP contribution in [0.15, 0.2) is 48.5 Å². The number of rotatable bonds is 5. The molecule has 0 spiro atoms. The van der Waals surface area contributed by atoms with Crippen molar-refractivity contribution in [1.29, 1.82) is 0 Å². The van der Waals surface area contributed by atoms with E-state index in [-0.39, 0.29) is 18.0 Å². The van der Waals surface area contributed by atoms with Crippen molar-refractivity contribution < 1.29 is 9.72 Å². The Hall–Kier alpha value is -2.73. The minimum atomic E-state index is -0.431. The molecular weight excluding hydrogens is 330 g/mol. The van der Waals surface area contributed by atoms with Crippen LogP contribution in [0.4, 0.5) is 5.69 Å². The summed E-state index contributed by atoms with van der Waals surface area (Å²) in [5, 5.41) is 10.7. The maximum absolute atomic E-state index is 12.5. The van der Waals surface area contributed by atoms with Crippen LogP contribution < -0.4 is 0 Å². The average molecular weight is 353 g/mol. The molecule has 26 heavy (non-hydrogen) atoms. The normalized spacial score (nSPS) is 15.0. The lowest BCUT2D eigenvalue weighted by molar-refractivity contribution is -0.384. The first-order valence-electron chi connectivity index (χ1n) is 8.80. The summed E-state index contributed by atoms with van der Waals surface area (Å²) in [6.07, 6.45) is 0.288. The van der Waals surface area contributed by atoms with Gasteiger partial charge >= 0.3 is 0 Å². The highest BCUT2D eigenvalue weighted by molar-refractivity contribution is 5.79. The molecule has 1 heterocycles. The van der Waals surface area contributed by atoms with Crippen molar-refractivity contribution in [3.05, 3.63) is 75.3 Å². The van der Waals surface area contributed by atoms with Gasteiger partial charge in [0.1, 0.15) is 0 Å². The van der Waals surface area contributed by atoms with E-state index in [0.717, 1.165) is 38.3 Å². The molecule has 6 nitrogen and oxygen atoms in total. The summed E-state index contributed by atoms with van der Waals surface area (Å²) in [6, 6.07) is 14.7. The SMILES string of the molecule is Cc1cccc(CN2CCN(C(=O)Cc3ccc([N+](=O)[O-])cc3)CC2)c1. The van der Waals surface area contributed by atoms with Gasteiger partial charge in [-0.1, -0.05) is 42.0 Å². The zero-order valence-corrected chi connectivity index (χ0v) is 14.9. The molecule has 0 bridgehead atoms. The predicted molar refractivity (Wildman–Crippen MR) is 99.8 cm³/mol. The molecular formula is C20H23N3O3. The van der Waals surface area contributed by atoms with Crippen molar-refractivity contribution in [2.24, 2.45) is 0 Å². The first-order chi connectivity index (χ1) is 12.5. The van der Waals surface area contributed by atoms with Gasteiger partial charge in [-0.2, -0.15) is 0 Å². The standard InChI is InChI=1S/C20H23N3O3/c1-16-3-2-4-18(13-16)15-21-9-11-22(12-10-21)20(24)14-17-5-7-19(8-6-17)23(25)26/h2-8,13H,9-12,14-15H2,1H3. The first kappa shape index (κ1) is 18.1. The largest absolute Gasteiger partial charge is 0.340 e. The van der Waals surface area contributed by atoms with Gasteiger partial charge < -0.3 is 4.90 Å². The Morgan fingerprint density at radius 2 is 1.73 bits per heavy atom. The van der Waals surface area contributed by atoms with Gasteiger partial charge in [0.25, 0.3) is 5.69 Å². The lowest BCUT2D eigenvalue weighted by Gasteiger charge is -2.35. The van der Waals surface area contributed by atoms with E-state index in [9.17, 15) is 14.9 Å². The summed E-state index contributed by atoms with van der Waals surface area (Å²) < 4.78 is 0. The molecule has 6 heteroatoms. The van der Waals surface area contributed by atoms with E-state index in [2.05, 4.69) is 36.1 Å². The molecule has 1 aliphatic rings. The molecule has 2 aromatic carbocycles. The van der Waals surface area contributed by atoms with E-state index in [4.69, 9.17) is 0 Å². The summed E-state index contributed by atoms with van der Waals surface area (Å²) in [4.78, 5) is 27.0. The minimum absolute atomic E-state index is 0.0472. The van der Waals surface area contributed by atoms with Gasteiger partial charge in [0.15, 0.2) is 0 Å². The molecule has 0 saturated carbocycles. The van der Waals surface area contributed by atoms with Crippen LogP contribution in [0.25, 0.3) is 0 Å². The molecule has 3 rings (SSSR count). The van der Waals surface area contributed by atoms with Crippen molar-refractivity contribution in [2.45, 2.75) is 19.9 Å². The van der Waals surface area contributed by atoms with E-state index >= 15 is 0 Å². The van der Waals surface area contributed by atoms with E-state index in [1.54, 1.807) is 12.1 Å². The molecule has 0 unspecified atom stereocenters.